The molecule has 120 valence electrons. The van der Waals surface area contributed by atoms with E-state index in [1.54, 1.807) is 0 Å². The van der Waals surface area contributed by atoms with Crippen LogP contribution in [0.15, 0.2) is 0 Å². The van der Waals surface area contributed by atoms with Crippen LogP contribution in [0.1, 0.15) is 67.2 Å². The Labute approximate surface area is 127 Å². The van der Waals surface area contributed by atoms with E-state index in [9.17, 15) is 0 Å². The molecule has 0 aromatic rings. The Balaban J connectivity index is 3.25. The molecule has 3 unspecified atom stereocenters. The van der Waals surface area contributed by atoms with Crippen LogP contribution in [0.4, 0.5) is 0 Å². The Morgan fingerprint density at radius 1 is 1.10 bits per heavy atom. The minimum absolute atomic E-state index is 0.135. The first kappa shape index (κ1) is 18.2. The Kier molecular flexibility index (Phi) is 6.30. The third kappa shape index (κ3) is 2.86. The van der Waals surface area contributed by atoms with Gasteiger partial charge in [0.05, 0.1) is 0 Å². The third-order valence-corrected chi connectivity index (χ3v) is 11.9. The molecule has 0 aromatic heterocycles. The van der Waals surface area contributed by atoms with E-state index in [2.05, 4.69) is 41.5 Å². The number of rotatable bonds is 6. The van der Waals surface area contributed by atoms with Gasteiger partial charge in [-0.1, -0.05) is 67.2 Å². The quantitative estimate of drug-likeness (QED) is 0.614. The molecule has 3 atom stereocenters. The van der Waals surface area contributed by atoms with E-state index < -0.39 is 8.56 Å². The first-order valence-electron chi connectivity index (χ1n) is 8.38. The van der Waals surface area contributed by atoms with E-state index in [-0.39, 0.29) is 5.04 Å². The number of hydrogen-bond donors (Lipinski definition) is 0. The summed E-state index contributed by atoms with van der Waals surface area (Å²) in [6.45, 7) is 14.2. The molecule has 3 heteroatoms. The molecule has 0 aliphatic heterocycles. The van der Waals surface area contributed by atoms with Crippen molar-refractivity contribution in [2.24, 2.45) is 17.8 Å². The van der Waals surface area contributed by atoms with E-state index in [4.69, 9.17) is 8.85 Å². The van der Waals surface area contributed by atoms with Crippen molar-refractivity contribution in [3.8, 4) is 0 Å². The van der Waals surface area contributed by atoms with Gasteiger partial charge in [-0.05, 0) is 17.8 Å². The summed E-state index contributed by atoms with van der Waals surface area (Å²) >= 11 is 0. The second-order valence-electron chi connectivity index (χ2n) is 7.52. The van der Waals surface area contributed by atoms with Gasteiger partial charge in [0.25, 0.3) is 0 Å². The van der Waals surface area contributed by atoms with Crippen LogP contribution in [0.25, 0.3) is 0 Å². The van der Waals surface area contributed by atoms with Gasteiger partial charge < -0.3 is 8.85 Å². The molecule has 1 saturated carbocycles. The van der Waals surface area contributed by atoms with Crippen LogP contribution >= 0.6 is 0 Å². The van der Waals surface area contributed by atoms with Crippen LogP contribution < -0.4 is 0 Å². The van der Waals surface area contributed by atoms with Gasteiger partial charge in [-0.25, -0.2) is 0 Å². The van der Waals surface area contributed by atoms with E-state index in [0.717, 1.165) is 0 Å². The summed E-state index contributed by atoms with van der Waals surface area (Å²) in [6.07, 6.45) is 5.20. The minimum Gasteiger partial charge on any atom is -0.397 e. The average Bonchev–Trinajstić information content (AvgIpc) is 2.42. The molecule has 1 aliphatic carbocycles. The van der Waals surface area contributed by atoms with Crippen molar-refractivity contribution in [2.75, 3.05) is 14.2 Å². The zero-order valence-corrected chi connectivity index (χ0v) is 16.0. The fourth-order valence-electron chi connectivity index (χ4n) is 4.60. The molecule has 0 saturated heterocycles. The molecule has 0 heterocycles. The van der Waals surface area contributed by atoms with E-state index >= 15 is 0 Å². The van der Waals surface area contributed by atoms with E-state index in [1.165, 1.54) is 25.7 Å². The lowest BCUT2D eigenvalue weighted by Gasteiger charge is -2.53. The van der Waals surface area contributed by atoms with Crippen LogP contribution in [0.3, 0.4) is 0 Å². The van der Waals surface area contributed by atoms with Crippen LogP contribution in [0.5, 0.6) is 0 Å². The highest BCUT2D eigenvalue weighted by Gasteiger charge is 2.61. The smallest absolute Gasteiger partial charge is 0.347 e. The standard InChI is InChI=1S/C17H36O2Si/c1-9-15(4)17(5,6)20(18-7,19-8)16-13(2)11-10-12-14(16)3/h13-16H,9-12H2,1-8H3. The zero-order valence-electron chi connectivity index (χ0n) is 15.0. The molecule has 1 rings (SSSR count). The maximum atomic E-state index is 6.27. The second-order valence-corrected chi connectivity index (χ2v) is 11.6. The van der Waals surface area contributed by atoms with Gasteiger partial charge in [-0.15, -0.1) is 0 Å². The fourth-order valence-corrected chi connectivity index (χ4v) is 9.94. The first-order valence-corrected chi connectivity index (χ1v) is 10.3. The maximum absolute atomic E-state index is 6.27. The minimum atomic E-state index is -2.28. The summed E-state index contributed by atoms with van der Waals surface area (Å²) in [5.74, 6) is 2.05. The van der Waals surface area contributed by atoms with Crippen molar-refractivity contribution in [1.29, 1.82) is 0 Å². The lowest BCUT2D eigenvalue weighted by molar-refractivity contribution is 0.135. The number of hydrogen-bond acceptors (Lipinski definition) is 2. The second kappa shape index (κ2) is 6.93. The van der Waals surface area contributed by atoms with Crippen molar-refractivity contribution in [3.05, 3.63) is 0 Å². The predicted octanol–water partition coefficient (Wildman–Crippen LogP) is 5.37. The molecular formula is C17H36O2Si. The molecular weight excluding hydrogens is 264 g/mol. The van der Waals surface area contributed by atoms with Gasteiger partial charge in [-0.3, -0.25) is 0 Å². The Morgan fingerprint density at radius 2 is 1.55 bits per heavy atom. The van der Waals surface area contributed by atoms with Gasteiger partial charge in [-0.2, -0.15) is 0 Å². The lowest BCUT2D eigenvalue weighted by Crippen LogP contribution is -2.59. The van der Waals surface area contributed by atoms with Crippen molar-refractivity contribution in [1.82, 2.24) is 0 Å². The molecule has 1 fully saturated rings. The summed E-state index contributed by atoms with van der Waals surface area (Å²) in [7, 11) is 1.51. The third-order valence-electron chi connectivity index (χ3n) is 6.33. The van der Waals surface area contributed by atoms with Crippen LogP contribution in [0, 0.1) is 17.8 Å². The van der Waals surface area contributed by atoms with Gasteiger partial charge in [0.15, 0.2) is 0 Å². The Hall–Kier alpha value is 0.137. The van der Waals surface area contributed by atoms with Gasteiger partial charge in [0.1, 0.15) is 0 Å². The highest BCUT2D eigenvalue weighted by molar-refractivity contribution is 6.72. The highest BCUT2D eigenvalue weighted by Crippen LogP contribution is 2.57. The molecule has 0 aromatic carbocycles. The van der Waals surface area contributed by atoms with Crippen LogP contribution in [-0.4, -0.2) is 22.8 Å². The highest BCUT2D eigenvalue weighted by atomic mass is 28.4. The van der Waals surface area contributed by atoms with Gasteiger partial charge >= 0.3 is 8.56 Å². The maximum Gasteiger partial charge on any atom is 0.347 e. The Bertz CT molecular complexity index is 289. The summed E-state index contributed by atoms with van der Waals surface area (Å²) in [6, 6.07) is 0. The van der Waals surface area contributed by atoms with E-state index in [0.29, 0.717) is 23.3 Å². The summed E-state index contributed by atoms with van der Waals surface area (Å²) in [5.41, 5.74) is 0.607. The van der Waals surface area contributed by atoms with Crippen molar-refractivity contribution < 1.29 is 8.85 Å². The topological polar surface area (TPSA) is 18.5 Å². The molecule has 0 N–H and O–H groups in total. The van der Waals surface area contributed by atoms with Crippen molar-refractivity contribution >= 4 is 8.56 Å². The molecule has 0 radical (unpaired) electrons. The molecule has 0 amide bonds. The van der Waals surface area contributed by atoms with Crippen LogP contribution in [-0.2, 0) is 8.85 Å². The first-order chi connectivity index (χ1) is 9.28. The van der Waals surface area contributed by atoms with Crippen molar-refractivity contribution in [2.45, 2.75) is 77.8 Å². The predicted molar refractivity (Wildman–Crippen MR) is 89.2 cm³/mol. The summed E-state index contributed by atoms with van der Waals surface area (Å²) in [5, 5.41) is 0.135. The van der Waals surface area contributed by atoms with Crippen molar-refractivity contribution in [3.63, 3.8) is 0 Å². The molecule has 1 aliphatic rings. The molecule has 0 bridgehead atoms. The lowest BCUT2D eigenvalue weighted by atomic mass is 9.83. The van der Waals surface area contributed by atoms with E-state index in [1.807, 2.05) is 14.2 Å². The summed E-state index contributed by atoms with van der Waals surface area (Å²) in [4.78, 5) is 0. The zero-order chi connectivity index (χ0) is 15.6. The van der Waals surface area contributed by atoms with Crippen LogP contribution in [0.2, 0.25) is 10.6 Å². The normalized spacial score (nSPS) is 30.3. The van der Waals surface area contributed by atoms with Gasteiger partial charge in [0, 0.05) is 24.8 Å². The average molecular weight is 301 g/mol. The van der Waals surface area contributed by atoms with Gasteiger partial charge in [0.2, 0.25) is 0 Å². The molecule has 20 heavy (non-hydrogen) atoms. The SMILES string of the molecule is CCC(C)C(C)(C)[Si](OC)(OC)C1C(C)CCCC1C. The monoisotopic (exact) mass is 300 g/mol. The Morgan fingerprint density at radius 3 is 1.90 bits per heavy atom. The molecule has 2 nitrogen and oxygen atoms in total. The fraction of sp³-hybridized carbons (Fsp3) is 1.00. The molecule has 0 spiro atoms. The summed E-state index contributed by atoms with van der Waals surface area (Å²) < 4.78 is 12.5. The largest absolute Gasteiger partial charge is 0.397 e.